The van der Waals surface area contributed by atoms with Crippen molar-refractivity contribution in [2.45, 2.75) is 20.8 Å². The third-order valence-electron chi connectivity index (χ3n) is 4.57. The first-order chi connectivity index (χ1) is 17.4. The first-order valence-corrected chi connectivity index (χ1v) is 12.0. The Kier molecular flexibility index (Phi) is 9.42. The van der Waals surface area contributed by atoms with Gasteiger partial charge in [0.25, 0.3) is 5.91 Å². The fraction of sp³-hybridized carbons (Fsp3) is 0.231. The van der Waals surface area contributed by atoms with Crippen LogP contribution in [0.3, 0.4) is 0 Å². The number of amides is 2. The van der Waals surface area contributed by atoms with Gasteiger partial charge in [-0.05, 0) is 61.9 Å². The van der Waals surface area contributed by atoms with Crippen molar-refractivity contribution >= 4 is 40.0 Å². The van der Waals surface area contributed by atoms with Crippen molar-refractivity contribution in [2.24, 2.45) is 0 Å². The number of hydrogen-bond acceptors (Lipinski definition) is 8. The Morgan fingerprint density at radius 3 is 2.44 bits per heavy atom. The molecule has 0 aliphatic rings. The molecule has 0 aliphatic carbocycles. The Morgan fingerprint density at radius 2 is 1.81 bits per heavy atom. The molecule has 0 unspecified atom stereocenters. The van der Waals surface area contributed by atoms with Crippen molar-refractivity contribution in [3.8, 4) is 23.3 Å². The molecule has 0 spiro atoms. The predicted octanol–water partition coefficient (Wildman–Crippen LogP) is 4.81. The first-order valence-electron chi connectivity index (χ1n) is 11.1. The van der Waals surface area contributed by atoms with E-state index in [0.717, 1.165) is 5.69 Å². The van der Waals surface area contributed by atoms with E-state index in [0.29, 0.717) is 46.8 Å². The molecule has 0 saturated carbocycles. The van der Waals surface area contributed by atoms with Gasteiger partial charge in [-0.15, -0.1) is 11.3 Å². The largest absolute Gasteiger partial charge is 0.490 e. The summed E-state index contributed by atoms with van der Waals surface area (Å²) >= 11 is 1.29. The van der Waals surface area contributed by atoms with Crippen molar-refractivity contribution in [1.82, 2.24) is 4.98 Å². The molecule has 2 aromatic carbocycles. The molecular weight excluding hydrogens is 480 g/mol. The third kappa shape index (κ3) is 7.85. The maximum atomic E-state index is 12.5. The molecule has 0 bridgehead atoms. The van der Waals surface area contributed by atoms with E-state index in [1.165, 1.54) is 24.3 Å². The van der Waals surface area contributed by atoms with E-state index in [9.17, 15) is 14.9 Å². The van der Waals surface area contributed by atoms with Gasteiger partial charge in [0.15, 0.2) is 16.6 Å². The number of carbonyl (C=O) groups is 2. The van der Waals surface area contributed by atoms with Crippen LogP contribution in [0.1, 0.15) is 25.1 Å². The van der Waals surface area contributed by atoms with Gasteiger partial charge in [-0.2, -0.15) is 5.26 Å². The molecule has 3 rings (SSSR count). The molecule has 2 N–H and O–H groups in total. The lowest BCUT2D eigenvalue weighted by molar-refractivity contribution is -0.114. The lowest BCUT2D eigenvalue weighted by Gasteiger charge is -2.13. The van der Waals surface area contributed by atoms with E-state index in [1.54, 1.807) is 42.5 Å². The molecule has 0 fully saturated rings. The standard InChI is InChI=1S/C26H26N4O5S/c1-4-33-24-14-19(13-20(15-27)25(32)30-26-28-17(2)16-36-26)5-10-23(24)35-12-11-34-22-8-6-21(7-9-22)29-18(3)31/h5-10,13-14,16H,4,11-12H2,1-3H3,(H,29,31)(H,28,30,32)/b20-13-. The van der Waals surface area contributed by atoms with Gasteiger partial charge in [0, 0.05) is 18.0 Å². The highest BCUT2D eigenvalue weighted by Gasteiger charge is 2.13. The van der Waals surface area contributed by atoms with E-state index in [-0.39, 0.29) is 18.1 Å². The highest BCUT2D eigenvalue weighted by atomic mass is 32.1. The van der Waals surface area contributed by atoms with Crippen LogP contribution >= 0.6 is 11.3 Å². The van der Waals surface area contributed by atoms with Gasteiger partial charge in [-0.3, -0.25) is 14.9 Å². The Balaban J connectivity index is 1.60. The minimum absolute atomic E-state index is 0.0584. The molecule has 1 aromatic heterocycles. The molecule has 10 heteroatoms. The minimum Gasteiger partial charge on any atom is -0.490 e. The third-order valence-corrected chi connectivity index (χ3v) is 5.44. The smallest absolute Gasteiger partial charge is 0.268 e. The zero-order valence-electron chi connectivity index (χ0n) is 20.2. The summed E-state index contributed by atoms with van der Waals surface area (Å²) in [5, 5.41) is 17.1. The Labute approximate surface area is 213 Å². The predicted molar refractivity (Wildman–Crippen MR) is 138 cm³/mol. The topological polar surface area (TPSA) is 123 Å². The van der Waals surface area contributed by atoms with Crippen LogP contribution < -0.4 is 24.8 Å². The van der Waals surface area contributed by atoms with Crippen LogP contribution in [0.25, 0.3) is 6.08 Å². The van der Waals surface area contributed by atoms with Crippen LogP contribution in [0.5, 0.6) is 17.2 Å². The van der Waals surface area contributed by atoms with Gasteiger partial charge >= 0.3 is 0 Å². The fourth-order valence-corrected chi connectivity index (χ4v) is 3.73. The van der Waals surface area contributed by atoms with Crippen molar-refractivity contribution < 1.29 is 23.8 Å². The molecular formula is C26H26N4O5S. The molecule has 2 amide bonds. The number of benzene rings is 2. The molecule has 0 radical (unpaired) electrons. The molecule has 1 heterocycles. The fourth-order valence-electron chi connectivity index (χ4n) is 3.04. The summed E-state index contributed by atoms with van der Waals surface area (Å²) in [5.74, 6) is 0.973. The van der Waals surface area contributed by atoms with Crippen molar-refractivity contribution in [3.63, 3.8) is 0 Å². The van der Waals surface area contributed by atoms with Gasteiger partial charge in [-0.25, -0.2) is 4.98 Å². The highest BCUT2D eigenvalue weighted by Crippen LogP contribution is 2.29. The van der Waals surface area contributed by atoms with Crippen molar-refractivity contribution in [2.75, 3.05) is 30.5 Å². The summed E-state index contributed by atoms with van der Waals surface area (Å²) in [6, 6.07) is 14.1. The molecule has 0 saturated heterocycles. The van der Waals surface area contributed by atoms with Gasteiger partial charge < -0.3 is 19.5 Å². The van der Waals surface area contributed by atoms with Crippen LogP contribution in [0.2, 0.25) is 0 Å². The second kappa shape index (κ2) is 12.9. The second-order valence-electron chi connectivity index (χ2n) is 7.46. The Bertz CT molecular complexity index is 1280. The monoisotopic (exact) mass is 506 g/mol. The van der Waals surface area contributed by atoms with Crippen LogP contribution in [0.15, 0.2) is 53.4 Å². The summed E-state index contributed by atoms with van der Waals surface area (Å²) in [4.78, 5) is 27.7. The number of aryl methyl sites for hydroxylation is 1. The average molecular weight is 507 g/mol. The van der Waals surface area contributed by atoms with Gasteiger partial charge in [-0.1, -0.05) is 6.07 Å². The Hall–Kier alpha value is -4.36. The lowest BCUT2D eigenvalue weighted by Crippen LogP contribution is -2.13. The lowest BCUT2D eigenvalue weighted by atomic mass is 10.1. The first kappa shape index (κ1) is 26.2. The number of nitrogens with zero attached hydrogens (tertiary/aromatic N) is 2. The quantitative estimate of drug-likeness (QED) is 0.217. The highest BCUT2D eigenvalue weighted by molar-refractivity contribution is 7.13. The molecule has 36 heavy (non-hydrogen) atoms. The van der Waals surface area contributed by atoms with Gasteiger partial charge in [0.1, 0.15) is 30.6 Å². The van der Waals surface area contributed by atoms with Gasteiger partial charge in [0.05, 0.1) is 12.3 Å². The van der Waals surface area contributed by atoms with E-state index in [4.69, 9.17) is 14.2 Å². The normalized spacial score (nSPS) is 10.8. The number of ether oxygens (including phenoxy) is 3. The molecule has 0 aliphatic heterocycles. The van der Waals surface area contributed by atoms with E-state index < -0.39 is 5.91 Å². The molecule has 0 atom stereocenters. The molecule has 9 nitrogen and oxygen atoms in total. The minimum atomic E-state index is -0.535. The van der Waals surface area contributed by atoms with Crippen molar-refractivity contribution in [3.05, 3.63) is 64.7 Å². The zero-order valence-corrected chi connectivity index (χ0v) is 21.0. The summed E-state index contributed by atoms with van der Waals surface area (Å²) in [5.41, 5.74) is 2.04. The van der Waals surface area contributed by atoms with E-state index >= 15 is 0 Å². The number of aromatic nitrogens is 1. The molecule has 186 valence electrons. The van der Waals surface area contributed by atoms with E-state index in [1.807, 2.05) is 25.3 Å². The van der Waals surface area contributed by atoms with Gasteiger partial charge in [0.2, 0.25) is 5.91 Å². The SMILES string of the molecule is CCOc1cc(/C=C(/C#N)C(=O)Nc2nc(C)cs2)ccc1OCCOc1ccc(NC(C)=O)cc1. The number of anilines is 2. The Morgan fingerprint density at radius 1 is 1.06 bits per heavy atom. The maximum absolute atomic E-state index is 12.5. The van der Waals surface area contributed by atoms with Crippen LogP contribution in [0.4, 0.5) is 10.8 Å². The zero-order chi connectivity index (χ0) is 25.9. The number of carbonyl (C=O) groups excluding carboxylic acids is 2. The van der Waals surface area contributed by atoms with Crippen LogP contribution in [-0.2, 0) is 9.59 Å². The second-order valence-corrected chi connectivity index (χ2v) is 8.32. The number of nitriles is 1. The molecule has 3 aromatic rings. The summed E-state index contributed by atoms with van der Waals surface area (Å²) in [6.45, 7) is 6.10. The van der Waals surface area contributed by atoms with Crippen molar-refractivity contribution in [1.29, 1.82) is 5.26 Å². The maximum Gasteiger partial charge on any atom is 0.268 e. The summed E-state index contributed by atoms with van der Waals surface area (Å²) < 4.78 is 17.2. The average Bonchev–Trinajstić information content (AvgIpc) is 3.26. The van der Waals surface area contributed by atoms with Crippen LogP contribution in [-0.4, -0.2) is 36.6 Å². The van der Waals surface area contributed by atoms with E-state index in [2.05, 4.69) is 15.6 Å². The number of rotatable bonds is 11. The number of hydrogen-bond donors (Lipinski definition) is 2. The summed E-state index contributed by atoms with van der Waals surface area (Å²) in [6.07, 6.45) is 1.48. The number of thiazole rings is 1. The summed E-state index contributed by atoms with van der Waals surface area (Å²) in [7, 11) is 0. The number of nitrogens with one attached hydrogen (secondary N) is 2. The van der Waals surface area contributed by atoms with Crippen LogP contribution in [0, 0.1) is 18.3 Å².